The third-order valence-corrected chi connectivity index (χ3v) is 3.83. The summed E-state index contributed by atoms with van der Waals surface area (Å²) in [6, 6.07) is 8.31. The first-order chi connectivity index (χ1) is 12.4. The Morgan fingerprint density at radius 2 is 2.08 bits per heavy atom. The molecule has 0 saturated heterocycles. The van der Waals surface area contributed by atoms with Crippen molar-refractivity contribution in [2.45, 2.75) is 26.8 Å². The van der Waals surface area contributed by atoms with Crippen LogP contribution in [0.5, 0.6) is 5.88 Å². The van der Waals surface area contributed by atoms with Gasteiger partial charge in [-0.1, -0.05) is 12.1 Å². The van der Waals surface area contributed by atoms with Gasteiger partial charge < -0.3 is 10.2 Å². The molecule has 134 valence electrons. The molecule has 0 saturated carbocycles. The monoisotopic (exact) mass is 354 g/mol. The van der Waals surface area contributed by atoms with Gasteiger partial charge in [0.2, 0.25) is 5.88 Å². The van der Waals surface area contributed by atoms with Gasteiger partial charge in [0, 0.05) is 24.3 Å². The molecule has 0 unspecified atom stereocenters. The third kappa shape index (κ3) is 3.84. The molecular formula is C18H18N4O4. The van der Waals surface area contributed by atoms with Gasteiger partial charge in [-0.2, -0.15) is 10.4 Å². The minimum Gasteiger partial charge on any atom is -0.493 e. The Balaban J connectivity index is 2.55. The Kier molecular flexibility index (Phi) is 5.98. The number of hydrogen-bond acceptors (Lipinski definition) is 7. The molecule has 1 aromatic carbocycles. The number of carbonyl (C=O) groups is 1. The standard InChI is InChI=1S/C18H18N4O4/c1-11-15(10-19)17(25)22(7-4-8-23)18(26)16(11)21-20-14-6-3-5-13(9-14)12(2)24/h3,5-6,9,23,25H,4,7-8H2,1-2H3. The number of Topliss-reactive ketones (excluding diaryl/α,β-unsaturated/α-hetero) is 1. The molecule has 0 amide bonds. The lowest BCUT2D eigenvalue weighted by molar-refractivity contribution is 0.101. The number of aliphatic hydroxyl groups is 1. The number of benzene rings is 1. The van der Waals surface area contributed by atoms with E-state index in [4.69, 9.17) is 5.11 Å². The molecule has 0 aliphatic rings. The maximum atomic E-state index is 12.6. The van der Waals surface area contributed by atoms with Crippen LogP contribution in [0.15, 0.2) is 39.3 Å². The van der Waals surface area contributed by atoms with E-state index in [1.165, 1.54) is 19.9 Å². The van der Waals surface area contributed by atoms with Gasteiger partial charge in [-0.3, -0.25) is 14.2 Å². The predicted molar refractivity (Wildman–Crippen MR) is 94.1 cm³/mol. The van der Waals surface area contributed by atoms with Crippen LogP contribution in [0.2, 0.25) is 0 Å². The number of nitriles is 1. The molecule has 1 heterocycles. The number of aromatic nitrogens is 1. The molecule has 1 aromatic heterocycles. The lowest BCUT2D eigenvalue weighted by Crippen LogP contribution is -2.22. The van der Waals surface area contributed by atoms with Gasteiger partial charge in [0.25, 0.3) is 5.56 Å². The van der Waals surface area contributed by atoms with Crippen molar-refractivity contribution in [2.24, 2.45) is 10.2 Å². The molecule has 0 aliphatic heterocycles. The van der Waals surface area contributed by atoms with Crippen molar-refractivity contribution in [1.29, 1.82) is 5.26 Å². The van der Waals surface area contributed by atoms with Gasteiger partial charge in [0.15, 0.2) is 11.5 Å². The van der Waals surface area contributed by atoms with Crippen LogP contribution in [-0.4, -0.2) is 27.2 Å². The summed E-state index contributed by atoms with van der Waals surface area (Å²) >= 11 is 0. The minimum absolute atomic E-state index is 0.0401. The van der Waals surface area contributed by atoms with Crippen LogP contribution in [0.25, 0.3) is 0 Å². The van der Waals surface area contributed by atoms with E-state index in [9.17, 15) is 20.0 Å². The van der Waals surface area contributed by atoms with Gasteiger partial charge >= 0.3 is 0 Å². The van der Waals surface area contributed by atoms with Gasteiger partial charge in [0.05, 0.1) is 5.69 Å². The van der Waals surface area contributed by atoms with Crippen LogP contribution < -0.4 is 5.56 Å². The number of azo groups is 1. The highest BCUT2D eigenvalue weighted by molar-refractivity contribution is 5.94. The second kappa shape index (κ2) is 8.18. The molecule has 0 fully saturated rings. The number of nitrogens with zero attached hydrogens (tertiary/aromatic N) is 4. The van der Waals surface area contributed by atoms with Crippen molar-refractivity contribution >= 4 is 17.2 Å². The molecule has 0 bridgehead atoms. The topological polar surface area (TPSA) is 128 Å². The molecule has 2 N–H and O–H groups in total. The van der Waals surface area contributed by atoms with Crippen LogP contribution in [0.1, 0.15) is 34.8 Å². The normalized spacial score (nSPS) is 10.8. The summed E-state index contributed by atoms with van der Waals surface area (Å²) in [5.41, 5.74) is 0.284. The summed E-state index contributed by atoms with van der Waals surface area (Å²) in [6.07, 6.45) is 0.235. The molecule has 2 rings (SSSR count). The van der Waals surface area contributed by atoms with Crippen molar-refractivity contribution in [3.8, 4) is 11.9 Å². The maximum absolute atomic E-state index is 12.6. The molecule has 2 aromatic rings. The smallest absolute Gasteiger partial charge is 0.281 e. The molecule has 26 heavy (non-hydrogen) atoms. The summed E-state index contributed by atoms with van der Waals surface area (Å²) in [5, 5.41) is 36.3. The van der Waals surface area contributed by atoms with E-state index in [1.807, 2.05) is 6.07 Å². The minimum atomic E-state index is -0.612. The quantitative estimate of drug-likeness (QED) is 0.609. The van der Waals surface area contributed by atoms with Crippen LogP contribution >= 0.6 is 0 Å². The van der Waals surface area contributed by atoms with Crippen LogP contribution in [0.3, 0.4) is 0 Å². The molecule has 8 heteroatoms. The molecule has 0 radical (unpaired) electrons. The Morgan fingerprint density at radius 1 is 1.35 bits per heavy atom. The number of aromatic hydroxyl groups is 1. The first-order valence-corrected chi connectivity index (χ1v) is 7.90. The molecule has 0 aliphatic carbocycles. The number of aliphatic hydroxyl groups excluding tert-OH is 1. The van der Waals surface area contributed by atoms with Crippen LogP contribution in [0.4, 0.5) is 11.4 Å². The van der Waals surface area contributed by atoms with Crippen molar-refractivity contribution in [2.75, 3.05) is 6.61 Å². The first-order valence-electron chi connectivity index (χ1n) is 7.90. The highest BCUT2D eigenvalue weighted by Gasteiger charge is 2.18. The summed E-state index contributed by atoms with van der Waals surface area (Å²) in [4.78, 5) is 24.0. The zero-order valence-corrected chi connectivity index (χ0v) is 14.4. The lowest BCUT2D eigenvalue weighted by atomic mass is 10.1. The van der Waals surface area contributed by atoms with Gasteiger partial charge in [0.1, 0.15) is 11.6 Å². The second-order valence-electron chi connectivity index (χ2n) is 5.62. The highest BCUT2D eigenvalue weighted by Crippen LogP contribution is 2.27. The molecular weight excluding hydrogens is 336 g/mol. The number of carbonyl (C=O) groups excluding carboxylic acids is 1. The molecule has 8 nitrogen and oxygen atoms in total. The zero-order chi connectivity index (χ0) is 19.3. The summed E-state index contributed by atoms with van der Waals surface area (Å²) in [6.45, 7) is 2.80. The van der Waals surface area contributed by atoms with E-state index in [1.54, 1.807) is 18.2 Å². The van der Waals surface area contributed by atoms with Crippen molar-refractivity contribution < 1.29 is 15.0 Å². The summed E-state index contributed by atoms with van der Waals surface area (Å²) < 4.78 is 0.988. The average Bonchev–Trinajstić information content (AvgIpc) is 2.62. The maximum Gasteiger partial charge on any atom is 0.281 e. The van der Waals surface area contributed by atoms with E-state index < -0.39 is 11.4 Å². The fraction of sp³-hybridized carbons (Fsp3) is 0.278. The van der Waals surface area contributed by atoms with E-state index in [2.05, 4.69) is 10.2 Å². The zero-order valence-electron chi connectivity index (χ0n) is 14.4. The summed E-state index contributed by atoms with van der Waals surface area (Å²) in [5.74, 6) is -0.582. The predicted octanol–water partition coefficient (Wildman–Crippen LogP) is 2.73. The molecule has 0 spiro atoms. The van der Waals surface area contributed by atoms with Gasteiger partial charge in [-0.15, -0.1) is 5.11 Å². The van der Waals surface area contributed by atoms with E-state index in [-0.39, 0.29) is 42.2 Å². The Hall–Kier alpha value is -3.31. The largest absolute Gasteiger partial charge is 0.493 e. The second-order valence-corrected chi connectivity index (χ2v) is 5.62. The Morgan fingerprint density at radius 3 is 2.69 bits per heavy atom. The lowest BCUT2D eigenvalue weighted by Gasteiger charge is -2.12. The number of ketones is 1. The van der Waals surface area contributed by atoms with Crippen LogP contribution in [0, 0.1) is 18.3 Å². The van der Waals surface area contributed by atoms with Gasteiger partial charge in [-0.25, -0.2) is 0 Å². The number of pyridine rings is 1. The van der Waals surface area contributed by atoms with Crippen LogP contribution in [-0.2, 0) is 6.54 Å². The average molecular weight is 354 g/mol. The number of hydrogen-bond donors (Lipinski definition) is 2. The number of rotatable bonds is 6. The van der Waals surface area contributed by atoms with E-state index >= 15 is 0 Å². The Labute approximate surface area is 149 Å². The Bertz CT molecular complexity index is 970. The van der Waals surface area contributed by atoms with Crippen molar-refractivity contribution in [1.82, 2.24) is 4.57 Å². The SMILES string of the molecule is CC(=O)c1cccc(N=Nc2c(C)c(C#N)c(O)n(CCCO)c2=O)c1. The van der Waals surface area contributed by atoms with E-state index in [0.717, 1.165) is 4.57 Å². The third-order valence-electron chi connectivity index (χ3n) is 3.83. The molecule has 0 atom stereocenters. The van der Waals surface area contributed by atoms with E-state index in [0.29, 0.717) is 11.3 Å². The van der Waals surface area contributed by atoms with Crippen molar-refractivity contribution in [3.05, 3.63) is 51.3 Å². The fourth-order valence-corrected chi connectivity index (χ4v) is 2.39. The summed E-state index contributed by atoms with van der Waals surface area (Å²) in [7, 11) is 0. The van der Waals surface area contributed by atoms with Crippen molar-refractivity contribution in [3.63, 3.8) is 0 Å². The van der Waals surface area contributed by atoms with Gasteiger partial charge in [-0.05, 0) is 32.4 Å². The highest BCUT2D eigenvalue weighted by atomic mass is 16.3. The first kappa shape index (κ1) is 19.0. The fourth-order valence-electron chi connectivity index (χ4n) is 2.39.